The molecule has 0 amide bonds. The zero-order chi connectivity index (χ0) is 7.65. The van der Waals surface area contributed by atoms with Crippen molar-refractivity contribution in [1.29, 1.82) is 0 Å². The quantitative estimate of drug-likeness (QED) is 0.432. The Balaban J connectivity index is 4.43. The summed E-state index contributed by atoms with van der Waals surface area (Å²) in [6.07, 6.45) is 0. The van der Waals surface area contributed by atoms with Gasteiger partial charge in [-0.1, -0.05) is 12.2 Å². The maximum absolute atomic E-state index is 10.2. The van der Waals surface area contributed by atoms with E-state index in [1.54, 1.807) is 0 Å². The fourth-order valence-corrected chi connectivity index (χ4v) is 0.805. The van der Waals surface area contributed by atoms with E-state index >= 15 is 0 Å². The predicted molar refractivity (Wildman–Crippen MR) is 37.8 cm³/mol. The summed E-state index contributed by atoms with van der Waals surface area (Å²) >= 11 is 4.30. The molecule has 4 nitrogen and oxygen atoms in total. The van der Waals surface area contributed by atoms with Crippen molar-refractivity contribution in [1.82, 2.24) is 0 Å². The van der Waals surface area contributed by atoms with Crippen molar-refractivity contribution in [2.75, 3.05) is 0 Å². The number of hydrogen-bond acceptors (Lipinski definition) is 3. The van der Waals surface area contributed by atoms with Crippen molar-refractivity contribution < 1.29 is 13.0 Å². The van der Waals surface area contributed by atoms with E-state index in [-0.39, 0.29) is 4.99 Å². The minimum absolute atomic E-state index is 0.225. The van der Waals surface area contributed by atoms with Crippen LogP contribution in [-0.2, 0) is 10.1 Å². The highest BCUT2D eigenvalue weighted by molar-refractivity contribution is 7.90. The lowest BCUT2D eigenvalue weighted by Gasteiger charge is -2.02. The molecule has 0 heterocycles. The molecule has 54 valence electrons. The van der Waals surface area contributed by atoms with E-state index in [4.69, 9.17) is 10.3 Å². The molecule has 0 aliphatic heterocycles. The Kier molecular flexibility index (Phi) is 2.53. The molecule has 0 rings (SSSR count). The van der Waals surface area contributed by atoms with Gasteiger partial charge in [0.2, 0.25) is 0 Å². The van der Waals surface area contributed by atoms with Crippen LogP contribution >= 0.6 is 12.2 Å². The van der Waals surface area contributed by atoms with Gasteiger partial charge in [-0.2, -0.15) is 8.42 Å². The van der Waals surface area contributed by atoms with Gasteiger partial charge in [-0.25, -0.2) is 0 Å². The number of rotatable bonds is 2. The molecule has 0 aromatic heterocycles. The van der Waals surface area contributed by atoms with Crippen molar-refractivity contribution in [2.24, 2.45) is 5.73 Å². The SMILES string of the molecule is CC(C(N)=S)S(=O)(=O)O. The molecule has 6 heteroatoms. The minimum Gasteiger partial charge on any atom is -0.392 e. The van der Waals surface area contributed by atoms with Crippen LogP contribution in [0.3, 0.4) is 0 Å². The molecule has 1 unspecified atom stereocenters. The zero-order valence-corrected chi connectivity index (χ0v) is 6.37. The summed E-state index contributed by atoms with van der Waals surface area (Å²) in [5.74, 6) is 0. The Labute approximate surface area is 58.8 Å². The van der Waals surface area contributed by atoms with Gasteiger partial charge in [0.25, 0.3) is 10.1 Å². The topological polar surface area (TPSA) is 80.4 Å². The van der Waals surface area contributed by atoms with Gasteiger partial charge in [0.1, 0.15) is 5.25 Å². The Bertz CT molecular complexity index is 207. The highest BCUT2D eigenvalue weighted by Gasteiger charge is 2.19. The van der Waals surface area contributed by atoms with Gasteiger partial charge in [0.15, 0.2) is 0 Å². The summed E-state index contributed by atoms with van der Waals surface area (Å²) < 4.78 is 28.6. The summed E-state index contributed by atoms with van der Waals surface area (Å²) in [7, 11) is -4.07. The maximum atomic E-state index is 10.2. The van der Waals surface area contributed by atoms with Crippen LogP contribution in [0.4, 0.5) is 0 Å². The van der Waals surface area contributed by atoms with Crippen LogP contribution in [0.1, 0.15) is 6.92 Å². The summed E-state index contributed by atoms with van der Waals surface area (Å²) in [5, 5.41) is -1.15. The molecule has 0 spiro atoms. The number of hydrogen-bond donors (Lipinski definition) is 2. The first-order chi connectivity index (χ1) is 3.85. The maximum Gasteiger partial charge on any atom is 0.274 e. The van der Waals surface area contributed by atoms with Crippen molar-refractivity contribution in [3.05, 3.63) is 0 Å². The molecule has 0 fully saturated rings. The number of nitrogens with two attached hydrogens (primary N) is 1. The molecule has 1 atom stereocenters. The Morgan fingerprint density at radius 2 is 2.11 bits per heavy atom. The van der Waals surface area contributed by atoms with Crippen molar-refractivity contribution in [3.8, 4) is 0 Å². The lowest BCUT2D eigenvalue weighted by atomic mass is 10.5. The zero-order valence-electron chi connectivity index (χ0n) is 4.73. The predicted octanol–water partition coefficient (Wildman–Crippen LogP) is -0.451. The Morgan fingerprint density at radius 3 is 2.11 bits per heavy atom. The van der Waals surface area contributed by atoms with Crippen molar-refractivity contribution in [3.63, 3.8) is 0 Å². The normalized spacial score (nSPS) is 14.9. The van der Waals surface area contributed by atoms with Gasteiger partial charge in [-0.3, -0.25) is 4.55 Å². The van der Waals surface area contributed by atoms with Gasteiger partial charge in [0, 0.05) is 0 Å². The van der Waals surface area contributed by atoms with Crippen molar-refractivity contribution in [2.45, 2.75) is 12.2 Å². The lowest BCUT2D eigenvalue weighted by Crippen LogP contribution is -2.30. The molecular weight excluding hydrogens is 162 g/mol. The number of thiocarbonyl (C=S) groups is 1. The van der Waals surface area contributed by atoms with E-state index in [0.29, 0.717) is 0 Å². The smallest absolute Gasteiger partial charge is 0.274 e. The molecule has 9 heavy (non-hydrogen) atoms. The van der Waals surface area contributed by atoms with Crippen LogP contribution in [-0.4, -0.2) is 23.2 Å². The third-order valence-corrected chi connectivity index (χ3v) is 2.50. The Hall–Kier alpha value is -0.200. The largest absolute Gasteiger partial charge is 0.392 e. The highest BCUT2D eigenvalue weighted by Crippen LogP contribution is 1.95. The average molecular weight is 169 g/mol. The standard InChI is InChI=1S/C3H7NO3S2/c1-2(3(4)8)9(5,6)7/h2H,1H3,(H2,4,8)(H,5,6,7). The molecule has 0 aliphatic rings. The molecule has 0 aromatic rings. The van der Waals surface area contributed by atoms with Gasteiger partial charge in [-0.15, -0.1) is 0 Å². The van der Waals surface area contributed by atoms with Crippen LogP contribution in [0.15, 0.2) is 0 Å². The summed E-state index contributed by atoms with van der Waals surface area (Å²) in [4.78, 5) is -0.225. The van der Waals surface area contributed by atoms with Crippen LogP contribution in [0, 0.1) is 0 Å². The second-order valence-corrected chi connectivity index (χ2v) is 3.77. The van der Waals surface area contributed by atoms with Gasteiger partial charge in [-0.05, 0) is 6.92 Å². The third kappa shape index (κ3) is 2.73. The minimum atomic E-state index is -4.07. The second kappa shape index (κ2) is 2.59. The van der Waals surface area contributed by atoms with Gasteiger partial charge >= 0.3 is 0 Å². The monoisotopic (exact) mass is 169 g/mol. The summed E-state index contributed by atoms with van der Waals surface area (Å²) in [6.45, 7) is 1.22. The van der Waals surface area contributed by atoms with Crippen LogP contribution in [0.2, 0.25) is 0 Å². The van der Waals surface area contributed by atoms with Crippen LogP contribution in [0.5, 0.6) is 0 Å². The molecule has 0 aliphatic carbocycles. The van der Waals surface area contributed by atoms with Crippen LogP contribution < -0.4 is 5.73 Å². The Morgan fingerprint density at radius 1 is 1.78 bits per heavy atom. The summed E-state index contributed by atoms with van der Waals surface area (Å²) in [5.41, 5.74) is 4.91. The summed E-state index contributed by atoms with van der Waals surface area (Å²) in [6, 6.07) is 0. The highest BCUT2D eigenvalue weighted by atomic mass is 32.2. The van der Waals surface area contributed by atoms with E-state index < -0.39 is 15.4 Å². The fourth-order valence-electron chi connectivity index (χ4n) is 0.147. The average Bonchev–Trinajstić information content (AvgIpc) is 1.62. The van der Waals surface area contributed by atoms with E-state index in [2.05, 4.69) is 12.2 Å². The van der Waals surface area contributed by atoms with Gasteiger partial charge in [0.05, 0.1) is 4.99 Å². The van der Waals surface area contributed by atoms with Gasteiger partial charge < -0.3 is 5.73 Å². The molecule has 0 bridgehead atoms. The van der Waals surface area contributed by atoms with E-state index in [1.165, 1.54) is 6.92 Å². The first-order valence-electron chi connectivity index (χ1n) is 2.11. The second-order valence-electron chi connectivity index (χ2n) is 1.56. The lowest BCUT2D eigenvalue weighted by molar-refractivity contribution is 0.480. The first kappa shape index (κ1) is 8.80. The third-order valence-electron chi connectivity index (χ3n) is 0.847. The van der Waals surface area contributed by atoms with E-state index in [0.717, 1.165) is 0 Å². The molecule has 0 saturated heterocycles. The van der Waals surface area contributed by atoms with Crippen molar-refractivity contribution >= 4 is 27.3 Å². The van der Waals surface area contributed by atoms with Crippen LogP contribution in [0.25, 0.3) is 0 Å². The molecule has 0 radical (unpaired) electrons. The molecule has 3 N–H and O–H groups in total. The fraction of sp³-hybridized carbons (Fsp3) is 0.667. The van der Waals surface area contributed by atoms with E-state index in [1.807, 2.05) is 0 Å². The van der Waals surface area contributed by atoms with E-state index in [9.17, 15) is 8.42 Å². The molecule has 0 aromatic carbocycles. The first-order valence-corrected chi connectivity index (χ1v) is 4.02. The molecular formula is C3H7NO3S2. The molecule has 0 saturated carbocycles.